The maximum Gasteiger partial charge on any atom is 0.233 e. The Bertz CT molecular complexity index is 2280. The molecule has 0 bridgehead atoms. The molecule has 3 aliphatic carbocycles. The second-order valence-electron chi connectivity index (χ2n) is 15.9. The van der Waals surface area contributed by atoms with Gasteiger partial charge in [0.1, 0.15) is 0 Å². The van der Waals surface area contributed by atoms with Crippen LogP contribution in [0.25, 0.3) is 5.57 Å². The average Bonchev–Trinajstić information content (AvgIpc) is 3.49. The molecule has 4 aromatic carbocycles. The number of carbonyl (C=O) groups excluding carboxylic acids is 4. The molecule has 284 valence electrons. The average molecular weight is 767 g/mol. The maximum atomic E-state index is 15.3. The quantitative estimate of drug-likeness (QED) is 0.153. The third-order valence-electron chi connectivity index (χ3n) is 13.2. The summed E-state index contributed by atoms with van der Waals surface area (Å²) in [4.78, 5) is 63.7. The fourth-order valence-corrected chi connectivity index (χ4v) is 10.9. The Kier molecular flexibility index (Phi) is 9.29. The molecule has 8 nitrogen and oxygen atoms in total. The summed E-state index contributed by atoms with van der Waals surface area (Å²) in [5.41, 5.74) is 2.92. The lowest BCUT2D eigenvalue weighted by Crippen LogP contribution is -2.58. The minimum Gasteiger partial charge on any atom is -0.503 e. The highest BCUT2D eigenvalue weighted by molar-refractivity contribution is 6.33. The van der Waals surface area contributed by atoms with Crippen LogP contribution in [0.2, 0.25) is 5.02 Å². The molecule has 4 aromatic rings. The van der Waals surface area contributed by atoms with Crippen LogP contribution in [0.3, 0.4) is 0 Å². The number of likely N-dealkylation sites (tertiary alicyclic amines) is 2. The zero-order valence-corrected chi connectivity index (χ0v) is 31.9. The number of halogens is 1. The minimum atomic E-state index is -1.41. The number of phenols is 1. The molecule has 2 heterocycles. The van der Waals surface area contributed by atoms with Gasteiger partial charge >= 0.3 is 0 Å². The second kappa shape index (κ2) is 14.3. The number of rotatable bonds is 7. The minimum absolute atomic E-state index is 0.0440. The molecular weight excluding hydrogens is 724 g/mol. The number of allylic oxidation sites excluding steroid dienone is 4. The molecule has 56 heavy (non-hydrogen) atoms. The summed E-state index contributed by atoms with van der Waals surface area (Å²) >= 11 is 6.70. The Balaban J connectivity index is 1.15. The Morgan fingerprint density at radius 3 is 2.18 bits per heavy atom. The van der Waals surface area contributed by atoms with E-state index in [1.54, 1.807) is 17.0 Å². The van der Waals surface area contributed by atoms with Gasteiger partial charge in [0.05, 0.1) is 29.4 Å². The van der Waals surface area contributed by atoms with Crippen LogP contribution >= 0.6 is 11.6 Å². The van der Waals surface area contributed by atoms with Gasteiger partial charge in [-0.1, -0.05) is 114 Å². The van der Waals surface area contributed by atoms with Crippen LogP contribution in [-0.2, 0) is 31.1 Å². The van der Waals surface area contributed by atoms with Gasteiger partial charge in [0.2, 0.25) is 11.8 Å². The monoisotopic (exact) mass is 766 g/mol. The molecule has 0 aromatic heterocycles. The van der Waals surface area contributed by atoms with Crippen LogP contribution in [0.5, 0.6) is 11.5 Å². The lowest BCUT2D eigenvalue weighted by atomic mass is 9.44. The fraction of sp³-hybridized carbons (Fsp3) is 0.319. The summed E-state index contributed by atoms with van der Waals surface area (Å²) in [5, 5.41) is 10.9. The van der Waals surface area contributed by atoms with Crippen molar-refractivity contribution in [2.45, 2.75) is 49.6 Å². The van der Waals surface area contributed by atoms with Gasteiger partial charge in [-0.05, 0) is 72.1 Å². The van der Waals surface area contributed by atoms with E-state index in [2.05, 4.69) is 23.1 Å². The largest absolute Gasteiger partial charge is 0.503 e. The zero-order valence-electron chi connectivity index (χ0n) is 31.1. The summed E-state index contributed by atoms with van der Waals surface area (Å²) in [6, 6.07) is 32.1. The van der Waals surface area contributed by atoms with Crippen LogP contribution < -0.4 is 4.74 Å². The van der Waals surface area contributed by atoms with Crippen molar-refractivity contribution in [2.75, 3.05) is 20.2 Å². The predicted molar refractivity (Wildman–Crippen MR) is 213 cm³/mol. The summed E-state index contributed by atoms with van der Waals surface area (Å²) in [5.74, 6) is -4.18. The lowest BCUT2D eigenvalue weighted by Gasteiger charge is -2.55. The maximum absolute atomic E-state index is 15.3. The van der Waals surface area contributed by atoms with Gasteiger partial charge < -0.3 is 9.84 Å². The molecule has 2 saturated heterocycles. The molecule has 9 heteroatoms. The standard InChI is InChI=1S/C47H43ClN2O6/c1-56-39-24-30(23-38(48)44(39)53)42-33-17-18-34-41(46(55)50(45(34)54)32-19-21-49(22-20-32)27-28-11-5-2-6-12-28)36(33)25-37-43(52)35(29-13-7-3-8-14-29)26-40(51)47(37,42)31-15-9-4-10-16-31/h2-17,23-24,26,32,34,36-37,41-42,53H,18-22,25,27H2,1H3/t34-,36+,37-,41-,42-,47-/m0/s1. The number of Topliss-reactive ketones (excluding diaryl/α,β-unsaturated/α-hetero) is 1. The first-order chi connectivity index (χ1) is 27.2. The van der Waals surface area contributed by atoms with Gasteiger partial charge in [-0.2, -0.15) is 0 Å². The smallest absolute Gasteiger partial charge is 0.233 e. The van der Waals surface area contributed by atoms with E-state index in [0.717, 1.165) is 25.2 Å². The second-order valence-corrected chi connectivity index (χ2v) is 16.3. The summed E-state index contributed by atoms with van der Waals surface area (Å²) in [6.45, 7) is 2.37. The van der Waals surface area contributed by atoms with Crippen LogP contribution in [-0.4, -0.2) is 64.5 Å². The van der Waals surface area contributed by atoms with Crippen molar-refractivity contribution < 1.29 is 29.0 Å². The van der Waals surface area contributed by atoms with Gasteiger partial charge in [-0.3, -0.25) is 29.0 Å². The van der Waals surface area contributed by atoms with Crippen molar-refractivity contribution in [1.29, 1.82) is 0 Å². The van der Waals surface area contributed by atoms with E-state index in [0.29, 0.717) is 41.5 Å². The van der Waals surface area contributed by atoms with Crippen molar-refractivity contribution in [1.82, 2.24) is 9.80 Å². The predicted octanol–water partition coefficient (Wildman–Crippen LogP) is 7.54. The summed E-state index contributed by atoms with van der Waals surface area (Å²) in [6.07, 6.45) is 5.50. The number of ether oxygens (including phenoxy) is 1. The number of nitrogens with zero attached hydrogens (tertiary/aromatic N) is 2. The Morgan fingerprint density at radius 2 is 1.50 bits per heavy atom. The molecule has 6 atom stereocenters. The number of piperidine rings is 1. The first kappa shape index (κ1) is 36.3. The van der Waals surface area contributed by atoms with Gasteiger partial charge in [0.15, 0.2) is 23.1 Å². The summed E-state index contributed by atoms with van der Waals surface area (Å²) < 4.78 is 5.59. The molecule has 9 rings (SSSR count). The number of hydrogen-bond acceptors (Lipinski definition) is 7. The van der Waals surface area contributed by atoms with E-state index in [-0.39, 0.29) is 52.4 Å². The SMILES string of the molecule is COc1cc([C@H]2C3=CC[C@@H]4C(=O)N(C5CCN(Cc6ccccc6)CC5)C(=O)[C@@H]4[C@@H]3C[C@H]3C(=O)C(c4ccccc4)=CC(=O)[C@@]23c2ccccc2)cc(Cl)c1O. The number of aromatic hydroxyl groups is 1. The van der Waals surface area contributed by atoms with Crippen LogP contribution in [0, 0.1) is 23.7 Å². The third kappa shape index (κ3) is 5.67. The number of ketones is 2. The number of amides is 2. The van der Waals surface area contributed by atoms with Gasteiger partial charge in [-0.25, -0.2) is 0 Å². The molecule has 3 fully saturated rings. The first-order valence-corrected chi connectivity index (χ1v) is 19.9. The number of imide groups is 1. The van der Waals surface area contributed by atoms with Gasteiger partial charge in [0, 0.05) is 43.1 Å². The van der Waals surface area contributed by atoms with Crippen molar-refractivity contribution in [3.05, 3.63) is 148 Å². The highest BCUT2D eigenvalue weighted by Crippen LogP contribution is 2.64. The summed E-state index contributed by atoms with van der Waals surface area (Å²) in [7, 11) is 1.44. The number of phenolic OH excluding ortho intramolecular Hbond substituents is 1. The van der Waals surface area contributed by atoms with E-state index in [1.165, 1.54) is 18.7 Å². The topological polar surface area (TPSA) is 104 Å². The Morgan fingerprint density at radius 1 is 0.839 bits per heavy atom. The molecule has 1 N–H and O–H groups in total. The van der Waals surface area contributed by atoms with E-state index < -0.39 is 35.0 Å². The van der Waals surface area contributed by atoms with Gasteiger partial charge in [0.25, 0.3) is 0 Å². The van der Waals surface area contributed by atoms with Crippen molar-refractivity contribution >= 4 is 40.6 Å². The normalized spacial score (nSPS) is 28.0. The molecule has 2 amide bonds. The molecular formula is C47H43ClN2O6. The van der Waals surface area contributed by atoms with Crippen molar-refractivity contribution in [2.24, 2.45) is 23.7 Å². The first-order valence-electron chi connectivity index (χ1n) is 19.5. The Labute approximate surface area is 331 Å². The number of fused-ring (bicyclic) bond motifs is 4. The zero-order chi connectivity index (χ0) is 38.7. The fourth-order valence-electron chi connectivity index (χ4n) is 10.7. The van der Waals surface area contributed by atoms with E-state index >= 15 is 9.59 Å². The molecule has 0 radical (unpaired) electrons. The molecule has 2 aliphatic heterocycles. The number of carbonyl (C=O) groups is 4. The van der Waals surface area contributed by atoms with Crippen LogP contribution in [0.1, 0.15) is 53.9 Å². The van der Waals surface area contributed by atoms with Crippen molar-refractivity contribution in [3.63, 3.8) is 0 Å². The molecule has 0 spiro atoms. The van der Waals surface area contributed by atoms with E-state index in [1.807, 2.05) is 78.9 Å². The molecule has 5 aliphatic rings. The number of methoxy groups -OCH3 is 1. The van der Waals surface area contributed by atoms with Crippen molar-refractivity contribution in [3.8, 4) is 11.5 Å². The molecule has 1 saturated carbocycles. The van der Waals surface area contributed by atoms with Crippen LogP contribution in [0.4, 0.5) is 0 Å². The highest BCUT2D eigenvalue weighted by Gasteiger charge is 2.66. The Hall–Kier alpha value is -5.31. The van der Waals surface area contributed by atoms with Gasteiger partial charge in [-0.15, -0.1) is 0 Å². The van der Waals surface area contributed by atoms with E-state index in [4.69, 9.17) is 16.3 Å². The van der Waals surface area contributed by atoms with E-state index in [9.17, 15) is 14.7 Å². The third-order valence-corrected chi connectivity index (χ3v) is 13.5. The molecule has 0 unspecified atom stereocenters. The number of hydrogen-bond donors (Lipinski definition) is 1. The lowest BCUT2D eigenvalue weighted by molar-refractivity contribution is -0.144. The van der Waals surface area contributed by atoms with Crippen LogP contribution in [0.15, 0.2) is 121 Å². The number of benzene rings is 4. The highest BCUT2D eigenvalue weighted by atomic mass is 35.5.